The second kappa shape index (κ2) is 16.5. The zero-order chi connectivity index (χ0) is 19.7. The molecule has 3 N–H and O–H groups in total. The van der Waals surface area contributed by atoms with Crippen molar-refractivity contribution in [3.05, 3.63) is 12.2 Å². The summed E-state index contributed by atoms with van der Waals surface area (Å²) in [6, 6.07) is 0. The molecule has 0 aromatic carbocycles. The van der Waals surface area contributed by atoms with Gasteiger partial charge in [-0.25, -0.2) is 4.57 Å². The Morgan fingerprint density at radius 3 is 2.15 bits per heavy atom. The molecule has 0 aliphatic rings. The fourth-order valence-electron chi connectivity index (χ4n) is 2.29. The van der Waals surface area contributed by atoms with Crippen LogP contribution in [0.15, 0.2) is 12.2 Å². The van der Waals surface area contributed by atoms with Crippen LogP contribution in [-0.2, 0) is 18.6 Å². The number of carbonyl (C=O) groups excluding carboxylic acids is 1. The molecule has 0 amide bonds. The fraction of sp³-hybridized carbons (Fsp3) is 0.833. The number of aliphatic hydroxyl groups is 1. The van der Waals surface area contributed by atoms with Gasteiger partial charge in [0.2, 0.25) is 0 Å². The second-order valence-corrected chi connectivity index (χ2v) is 7.64. The summed E-state index contributed by atoms with van der Waals surface area (Å²) >= 11 is 0. The summed E-state index contributed by atoms with van der Waals surface area (Å²) in [5.74, 6) is -0.419. The van der Waals surface area contributed by atoms with E-state index in [0.29, 0.717) is 0 Å². The molecule has 0 saturated carbocycles. The summed E-state index contributed by atoms with van der Waals surface area (Å²) in [6.07, 6.45) is 14.8. The number of phosphoric acid groups is 1. The Kier molecular flexibility index (Phi) is 16.0. The van der Waals surface area contributed by atoms with Crippen molar-refractivity contribution in [1.82, 2.24) is 0 Å². The van der Waals surface area contributed by atoms with E-state index in [1.165, 1.54) is 32.1 Å². The number of esters is 1. The number of rotatable bonds is 17. The maximum Gasteiger partial charge on any atom is 0.469 e. The average Bonchev–Trinajstić information content (AvgIpc) is 2.58. The van der Waals surface area contributed by atoms with Gasteiger partial charge in [-0.2, -0.15) is 0 Å². The van der Waals surface area contributed by atoms with E-state index in [9.17, 15) is 14.5 Å². The van der Waals surface area contributed by atoms with Crippen molar-refractivity contribution >= 4 is 13.8 Å². The molecule has 7 nitrogen and oxygen atoms in total. The number of allylic oxidation sites excluding steroid dienone is 2. The molecule has 0 heterocycles. The highest BCUT2D eigenvalue weighted by Crippen LogP contribution is 2.35. The molecule has 0 aromatic rings. The van der Waals surface area contributed by atoms with E-state index in [0.717, 1.165) is 32.1 Å². The fourth-order valence-corrected chi connectivity index (χ4v) is 2.66. The minimum atomic E-state index is -4.61. The SMILES string of the molecule is CCCC/C=C\CCCCCCCCC(=O)OCC(O)COP(=O)(O)O. The van der Waals surface area contributed by atoms with Gasteiger partial charge in [-0.15, -0.1) is 0 Å². The van der Waals surface area contributed by atoms with Gasteiger partial charge < -0.3 is 19.6 Å². The van der Waals surface area contributed by atoms with Crippen LogP contribution in [0.1, 0.15) is 77.6 Å². The Balaban J connectivity index is 3.41. The Morgan fingerprint density at radius 1 is 0.962 bits per heavy atom. The molecular weight excluding hydrogens is 359 g/mol. The van der Waals surface area contributed by atoms with E-state index < -0.39 is 26.5 Å². The molecule has 1 atom stereocenters. The van der Waals surface area contributed by atoms with Gasteiger partial charge in [-0.05, 0) is 25.7 Å². The molecule has 0 fully saturated rings. The third kappa shape index (κ3) is 19.6. The normalized spacial score (nSPS) is 13.2. The van der Waals surface area contributed by atoms with E-state index in [4.69, 9.17) is 14.5 Å². The van der Waals surface area contributed by atoms with Crippen LogP contribution in [0.4, 0.5) is 0 Å². The lowest BCUT2D eigenvalue weighted by atomic mass is 10.1. The summed E-state index contributed by atoms with van der Waals surface area (Å²) in [5.41, 5.74) is 0. The first-order chi connectivity index (χ1) is 12.3. The van der Waals surface area contributed by atoms with Crippen molar-refractivity contribution in [1.29, 1.82) is 0 Å². The third-order valence-electron chi connectivity index (χ3n) is 3.76. The molecule has 26 heavy (non-hydrogen) atoms. The summed E-state index contributed by atoms with van der Waals surface area (Å²) in [4.78, 5) is 28.5. The maximum absolute atomic E-state index is 11.5. The standard InChI is InChI=1S/C18H35O7P/c1-2-3-4-5-6-7-8-9-10-11-12-13-14-18(20)24-15-17(19)16-25-26(21,22)23/h5-6,17,19H,2-4,7-16H2,1H3,(H2,21,22,23)/b6-5-. The first-order valence-corrected chi connectivity index (χ1v) is 11.1. The second-order valence-electron chi connectivity index (χ2n) is 6.40. The van der Waals surface area contributed by atoms with Gasteiger partial charge in [0, 0.05) is 6.42 Å². The van der Waals surface area contributed by atoms with Crippen LogP contribution in [-0.4, -0.2) is 40.2 Å². The van der Waals surface area contributed by atoms with Gasteiger partial charge in [-0.1, -0.05) is 57.6 Å². The predicted octanol–water partition coefficient (Wildman–Crippen LogP) is 3.87. The van der Waals surface area contributed by atoms with Crippen LogP contribution >= 0.6 is 7.82 Å². The maximum atomic E-state index is 11.5. The molecule has 154 valence electrons. The highest BCUT2D eigenvalue weighted by molar-refractivity contribution is 7.46. The predicted molar refractivity (Wildman–Crippen MR) is 101 cm³/mol. The van der Waals surface area contributed by atoms with Crippen molar-refractivity contribution in [2.45, 2.75) is 83.7 Å². The lowest BCUT2D eigenvalue weighted by Gasteiger charge is -2.12. The Morgan fingerprint density at radius 2 is 1.54 bits per heavy atom. The van der Waals surface area contributed by atoms with Crippen LogP contribution in [0, 0.1) is 0 Å². The number of ether oxygens (including phenoxy) is 1. The van der Waals surface area contributed by atoms with Crippen LogP contribution in [0.3, 0.4) is 0 Å². The largest absolute Gasteiger partial charge is 0.469 e. The monoisotopic (exact) mass is 394 g/mol. The van der Waals surface area contributed by atoms with Gasteiger partial charge in [-0.3, -0.25) is 9.32 Å². The minimum Gasteiger partial charge on any atom is -0.463 e. The topological polar surface area (TPSA) is 113 Å². The summed E-state index contributed by atoms with van der Waals surface area (Å²) < 4.78 is 19.4. The summed E-state index contributed by atoms with van der Waals surface area (Å²) in [7, 11) is -4.61. The van der Waals surface area contributed by atoms with Gasteiger partial charge in [0.15, 0.2) is 0 Å². The van der Waals surface area contributed by atoms with E-state index in [-0.39, 0.29) is 13.0 Å². The van der Waals surface area contributed by atoms with Crippen molar-refractivity contribution in [3.8, 4) is 0 Å². The Labute approximate surface area is 157 Å². The molecule has 0 saturated heterocycles. The number of hydrogen-bond donors (Lipinski definition) is 3. The number of unbranched alkanes of at least 4 members (excludes halogenated alkanes) is 8. The molecule has 0 aromatic heterocycles. The summed E-state index contributed by atoms with van der Waals surface area (Å²) in [6.45, 7) is 1.29. The Bertz CT molecular complexity index is 420. The molecule has 0 bridgehead atoms. The van der Waals surface area contributed by atoms with E-state index >= 15 is 0 Å². The van der Waals surface area contributed by atoms with Crippen molar-refractivity contribution in [2.75, 3.05) is 13.2 Å². The minimum absolute atomic E-state index is 0.284. The van der Waals surface area contributed by atoms with E-state index in [1.807, 2.05) is 0 Å². The van der Waals surface area contributed by atoms with Crippen molar-refractivity contribution < 1.29 is 33.5 Å². The molecule has 0 rings (SSSR count). The van der Waals surface area contributed by atoms with Crippen LogP contribution in [0.2, 0.25) is 0 Å². The van der Waals surface area contributed by atoms with Crippen LogP contribution < -0.4 is 0 Å². The lowest BCUT2D eigenvalue weighted by Crippen LogP contribution is -2.23. The molecule has 0 aliphatic heterocycles. The number of hydrogen-bond acceptors (Lipinski definition) is 5. The van der Waals surface area contributed by atoms with Gasteiger partial charge in [0.25, 0.3) is 0 Å². The average molecular weight is 394 g/mol. The van der Waals surface area contributed by atoms with Crippen molar-refractivity contribution in [3.63, 3.8) is 0 Å². The lowest BCUT2D eigenvalue weighted by molar-refractivity contribution is -0.147. The molecule has 0 aliphatic carbocycles. The molecule has 8 heteroatoms. The van der Waals surface area contributed by atoms with E-state index in [1.54, 1.807) is 0 Å². The molecule has 1 unspecified atom stereocenters. The zero-order valence-electron chi connectivity index (χ0n) is 15.8. The quantitative estimate of drug-likeness (QED) is 0.148. The third-order valence-corrected chi connectivity index (χ3v) is 4.25. The van der Waals surface area contributed by atoms with Gasteiger partial charge >= 0.3 is 13.8 Å². The number of phosphoric ester groups is 1. The van der Waals surface area contributed by atoms with E-state index in [2.05, 4.69) is 23.6 Å². The first-order valence-electron chi connectivity index (χ1n) is 9.54. The van der Waals surface area contributed by atoms with Gasteiger partial charge in [0.05, 0.1) is 6.61 Å². The van der Waals surface area contributed by atoms with Crippen LogP contribution in [0.5, 0.6) is 0 Å². The highest BCUT2D eigenvalue weighted by Gasteiger charge is 2.17. The highest BCUT2D eigenvalue weighted by atomic mass is 31.2. The van der Waals surface area contributed by atoms with Crippen molar-refractivity contribution in [2.24, 2.45) is 0 Å². The molecular formula is C18H35O7P. The zero-order valence-corrected chi connectivity index (χ0v) is 16.7. The first kappa shape index (κ1) is 25.3. The van der Waals surface area contributed by atoms with Crippen LogP contribution in [0.25, 0.3) is 0 Å². The van der Waals surface area contributed by atoms with Gasteiger partial charge in [0.1, 0.15) is 12.7 Å². The molecule has 0 spiro atoms. The number of aliphatic hydroxyl groups excluding tert-OH is 1. The smallest absolute Gasteiger partial charge is 0.463 e. The Hall–Kier alpha value is -0.720. The summed E-state index contributed by atoms with van der Waals surface area (Å²) in [5, 5.41) is 9.38. The molecule has 0 radical (unpaired) electrons. The number of carbonyl (C=O) groups is 1.